The Morgan fingerprint density at radius 1 is 1.35 bits per heavy atom. The van der Waals surface area contributed by atoms with Crippen molar-refractivity contribution in [1.29, 1.82) is 0 Å². The van der Waals surface area contributed by atoms with E-state index in [1.165, 1.54) is 0 Å². The predicted octanol–water partition coefficient (Wildman–Crippen LogP) is 3.13. The molecule has 2 aromatic heterocycles. The van der Waals surface area contributed by atoms with E-state index in [0.29, 0.717) is 18.7 Å². The monoisotopic (exact) mass is 277 g/mol. The highest BCUT2D eigenvalue weighted by molar-refractivity contribution is 5.15. The van der Waals surface area contributed by atoms with E-state index in [4.69, 9.17) is 9.15 Å². The van der Waals surface area contributed by atoms with Crippen molar-refractivity contribution >= 4 is 0 Å². The standard InChI is InChI=1S/C15H23N3O2/c1-11(2)16-6-13-5-14(19-9-13)10-20-15-7-17-18(8-15)12(3)4/h5,7-9,11-12,16H,6,10H2,1-4H3. The first-order chi connectivity index (χ1) is 9.54. The molecule has 2 aromatic rings. The Hall–Kier alpha value is -1.75. The van der Waals surface area contributed by atoms with Crippen molar-refractivity contribution in [2.45, 2.75) is 52.9 Å². The van der Waals surface area contributed by atoms with Crippen LogP contribution in [0.2, 0.25) is 0 Å². The summed E-state index contributed by atoms with van der Waals surface area (Å²) in [5, 5.41) is 7.58. The van der Waals surface area contributed by atoms with Crippen molar-refractivity contribution in [2.24, 2.45) is 0 Å². The molecule has 5 heteroatoms. The minimum Gasteiger partial charge on any atom is -0.482 e. The van der Waals surface area contributed by atoms with Gasteiger partial charge in [-0.25, -0.2) is 0 Å². The zero-order valence-corrected chi connectivity index (χ0v) is 12.6. The van der Waals surface area contributed by atoms with Crippen molar-refractivity contribution < 1.29 is 9.15 Å². The van der Waals surface area contributed by atoms with Gasteiger partial charge in [0.25, 0.3) is 0 Å². The molecular formula is C15H23N3O2. The quantitative estimate of drug-likeness (QED) is 0.844. The molecule has 0 aliphatic heterocycles. The van der Waals surface area contributed by atoms with E-state index in [0.717, 1.165) is 23.6 Å². The summed E-state index contributed by atoms with van der Waals surface area (Å²) in [5.41, 5.74) is 1.13. The highest BCUT2D eigenvalue weighted by Gasteiger charge is 2.06. The normalized spacial score (nSPS) is 11.5. The largest absolute Gasteiger partial charge is 0.482 e. The molecule has 0 unspecified atom stereocenters. The average Bonchev–Trinajstić information content (AvgIpc) is 3.03. The number of nitrogens with zero attached hydrogens (tertiary/aromatic N) is 2. The molecule has 0 aliphatic rings. The van der Waals surface area contributed by atoms with E-state index in [2.05, 4.69) is 38.1 Å². The maximum Gasteiger partial charge on any atom is 0.157 e. The van der Waals surface area contributed by atoms with Gasteiger partial charge in [0.05, 0.1) is 18.7 Å². The lowest BCUT2D eigenvalue weighted by Crippen LogP contribution is -2.21. The van der Waals surface area contributed by atoms with Crippen molar-refractivity contribution in [3.05, 3.63) is 36.0 Å². The molecule has 0 fully saturated rings. The van der Waals surface area contributed by atoms with Crippen LogP contribution >= 0.6 is 0 Å². The van der Waals surface area contributed by atoms with Gasteiger partial charge in [-0.05, 0) is 19.9 Å². The highest BCUT2D eigenvalue weighted by atomic mass is 16.5. The zero-order chi connectivity index (χ0) is 14.5. The van der Waals surface area contributed by atoms with E-state index in [1.54, 1.807) is 12.5 Å². The molecular weight excluding hydrogens is 254 g/mol. The number of hydrogen-bond donors (Lipinski definition) is 1. The Morgan fingerprint density at radius 2 is 2.15 bits per heavy atom. The molecule has 0 bridgehead atoms. The summed E-state index contributed by atoms with van der Waals surface area (Å²) in [6.45, 7) is 9.64. The van der Waals surface area contributed by atoms with Crippen LogP contribution in [-0.4, -0.2) is 15.8 Å². The van der Waals surface area contributed by atoms with Crippen LogP contribution in [0.1, 0.15) is 45.1 Å². The maximum absolute atomic E-state index is 5.66. The second kappa shape index (κ2) is 6.61. The first-order valence-corrected chi connectivity index (χ1v) is 7.01. The summed E-state index contributed by atoms with van der Waals surface area (Å²) in [4.78, 5) is 0. The summed E-state index contributed by atoms with van der Waals surface area (Å²) in [6, 6.07) is 2.82. The van der Waals surface area contributed by atoms with Crippen LogP contribution in [0, 0.1) is 0 Å². The van der Waals surface area contributed by atoms with E-state index in [-0.39, 0.29) is 0 Å². The molecule has 0 saturated carbocycles. The van der Waals surface area contributed by atoms with Crippen LogP contribution < -0.4 is 10.1 Å². The number of rotatable bonds is 7. The van der Waals surface area contributed by atoms with Gasteiger partial charge in [0, 0.05) is 24.2 Å². The lowest BCUT2D eigenvalue weighted by molar-refractivity contribution is 0.270. The second-order valence-corrected chi connectivity index (χ2v) is 5.50. The number of hydrogen-bond acceptors (Lipinski definition) is 4. The molecule has 0 spiro atoms. The fourth-order valence-corrected chi connectivity index (χ4v) is 1.75. The van der Waals surface area contributed by atoms with Crippen molar-refractivity contribution in [1.82, 2.24) is 15.1 Å². The van der Waals surface area contributed by atoms with Crippen LogP contribution in [0.4, 0.5) is 0 Å². The fourth-order valence-electron chi connectivity index (χ4n) is 1.75. The third kappa shape index (κ3) is 4.13. The van der Waals surface area contributed by atoms with Gasteiger partial charge in [0.15, 0.2) is 5.75 Å². The van der Waals surface area contributed by atoms with Gasteiger partial charge < -0.3 is 14.5 Å². The summed E-state index contributed by atoms with van der Waals surface area (Å²) >= 11 is 0. The van der Waals surface area contributed by atoms with Crippen LogP contribution in [0.3, 0.4) is 0 Å². The van der Waals surface area contributed by atoms with Gasteiger partial charge >= 0.3 is 0 Å². The van der Waals surface area contributed by atoms with Gasteiger partial charge in [0.2, 0.25) is 0 Å². The first-order valence-electron chi connectivity index (χ1n) is 7.01. The van der Waals surface area contributed by atoms with E-state index in [9.17, 15) is 0 Å². The smallest absolute Gasteiger partial charge is 0.157 e. The lowest BCUT2D eigenvalue weighted by Gasteiger charge is -2.04. The van der Waals surface area contributed by atoms with Gasteiger partial charge in [-0.15, -0.1) is 0 Å². The molecule has 110 valence electrons. The maximum atomic E-state index is 5.66. The van der Waals surface area contributed by atoms with E-state index in [1.807, 2.05) is 16.9 Å². The van der Waals surface area contributed by atoms with Gasteiger partial charge in [-0.1, -0.05) is 13.8 Å². The van der Waals surface area contributed by atoms with E-state index >= 15 is 0 Å². The number of furan rings is 1. The molecule has 0 aromatic carbocycles. The molecule has 0 aliphatic carbocycles. The Bertz CT molecular complexity index is 529. The summed E-state index contributed by atoms with van der Waals surface area (Å²) in [5.74, 6) is 1.58. The van der Waals surface area contributed by atoms with Crippen LogP contribution in [0.5, 0.6) is 5.75 Å². The number of nitrogens with one attached hydrogen (secondary N) is 1. The second-order valence-electron chi connectivity index (χ2n) is 5.50. The van der Waals surface area contributed by atoms with E-state index < -0.39 is 0 Å². The minimum absolute atomic E-state index is 0.338. The SMILES string of the molecule is CC(C)NCc1coc(COc2cnn(C(C)C)c2)c1. The molecule has 1 N–H and O–H groups in total. The zero-order valence-electron chi connectivity index (χ0n) is 12.6. The molecule has 2 heterocycles. The molecule has 0 radical (unpaired) electrons. The topological polar surface area (TPSA) is 52.2 Å². The van der Waals surface area contributed by atoms with Crippen LogP contribution in [0.15, 0.2) is 29.1 Å². The van der Waals surface area contributed by atoms with Crippen molar-refractivity contribution in [2.75, 3.05) is 0 Å². The van der Waals surface area contributed by atoms with Gasteiger partial charge in [0.1, 0.15) is 12.4 Å². The lowest BCUT2D eigenvalue weighted by atomic mass is 10.3. The predicted molar refractivity (Wildman–Crippen MR) is 77.6 cm³/mol. The third-order valence-corrected chi connectivity index (χ3v) is 2.91. The summed E-state index contributed by atoms with van der Waals surface area (Å²) in [6.07, 6.45) is 5.39. The van der Waals surface area contributed by atoms with Crippen molar-refractivity contribution in [3.63, 3.8) is 0 Å². The fraction of sp³-hybridized carbons (Fsp3) is 0.533. The van der Waals surface area contributed by atoms with Gasteiger partial charge in [-0.3, -0.25) is 4.68 Å². The highest BCUT2D eigenvalue weighted by Crippen LogP contribution is 2.15. The van der Waals surface area contributed by atoms with Crippen LogP contribution in [-0.2, 0) is 13.2 Å². The summed E-state index contributed by atoms with van der Waals surface area (Å²) < 4.78 is 13.0. The number of aromatic nitrogens is 2. The average molecular weight is 277 g/mol. The minimum atomic E-state index is 0.338. The summed E-state index contributed by atoms with van der Waals surface area (Å²) in [7, 11) is 0. The molecule has 2 rings (SSSR count). The Labute approximate surface area is 119 Å². The number of ether oxygens (including phenoxy) is 1. The molecule has 20 heavy (non-hydrogen) atoms. The first kappa shape index (κ1) is 14.7. The Kier molecular flexibility index (Phi) is 4.84. The molecule has 5 nitrogen and oxygen atoms in total. The Balaban J connectivity index is 1.84. The van der Waals surface area contributed by atoms with Crippen molar-refractivity contribution in [3.8, 4) is 5.75 Å². The van der Waals surface area contributed by atoms with Gasteiger partial charge in [-0.2, -0.15) is 5.10 Å². The van der Waals surface area contributed by atoms with Crippen LogP contribution in [0.25, 0.3) is 0 Å². The molecule has 0 amide bonds. The molecule has 0 saturated heterocycles. The Morgan fingerprint density at radius 3 is 2.80 bits per heavy atom. The molecule has 0 atom stereocenters. The third-order valence-electron chi connectivity index (χ3n) is 2.91.